The number of primary amides is 1. The Morgan fingerprint density at radius 1 is 0.707 bits per heavy atom. The number of amides is 6. The van der Waals surface area contributed by atoms with Gasteiger partial charge >= 0.3 is 5.97 Å². The summed E-state index contributed by atoms with van der Waals surface area (Å²) < 4.78 is 0. The number of fused-ring (bicyclic) bond motifs is 1. The number of phenols is 1. The van der Waals surface area contributed by atoms with E-state index in [1.807, 2.05) is 24.3 Å². The Morgan fingerprint density at radius 2 is 1.31 bits per heavy atom. The lowest BCUT2D eigenvalue weighted by Gasteiger charge is -2.26. The van der Waals surface area contributed by atoms with Crippen LogP contribution in [0.15, 0.2) is 85.1 Å². The van der Waals surface area contributed by atoms with Gasteiger partial charge in [0.05, 0.1) is 19.0 Å². The molecule has 12 N–H and O–H groups in total. The predicted octanol–water partition coefficient (Wildman–Crippen LogP) is -0.00280. The number of carboxylic acids is 1. The van der Waals surface area contributed by atoms with E-state index in [1.165, 1.54) is 23.9 Å². The summed E-state index contributed by atoms with van der Waals surface area (Å²) in [5, 5.41) is 32.5. The molecule has 0 aliphatic carbocycles. The summed E-state index contributed by atoms with van der Waals surface area (Å²) in [6, 6.07) is 15.7. The molecule has 308 valence electrons. The largest absolute Gasteiger partial charge is 0.508 e. The molecule has 5 atom stereocenters. The number of phenolic OH excluding ortho intramolecular Hbond substituents is 1. The zero-order valence-electron chi connectivity index (χ0n) is 31.7. The number of aromatic hydroxyl groups is 1. The van der Waals surface area contributed by atoms with Gasteiger partial charge in [0.25, 0.3) is 0 Å². The first-order chi connectivity index (χ1) is 27.7. The molecule has 4 rings (SSSR count). The smallest absolute Gasteiger partial charge is 0.305 e. The van der Waals surface area contributed by atoms with Gasteiger partial charge in [0, 0.05) is 29.9 Å². The number of hydrogen-bond acceptors (Lipinski definition) is 10. The van der Waals surface area contributed by atoms with E-state index in [1.54, 1.807) is 54.9 Å². The molecule has 1 heterocycles. The van der Waals surface area contributed by atoms with Gasteiger partial charge in [-0.3, -0.25) is 33.6 Å². The molecular weight excluding hydrogens is 769 g/mol. The van der Waals surface area contributed by atoms with Crippen LogP contribution in [0.4, 0.5) is 0 Å². The van der Waals surface area contributed by atoms with Crippen LogP contribution in [0.3, 0.4) is 0 Å². The number of aromatic amines is 1. The topological polar surface area (TPSA) is 288 Å². The number of rotatable bonds is 22. The molecule has 0 bridgehead atoms. The Bertz CT molecular complexity index is 2060. The summed E-state index contributed by atoms with van der Waals surface area (Å²) in [4.78, 5) is 94.3. The fourth-order valence-corrected chi connectivity index (χ4v) is 6.50. The minimum absolute atomic E-state index is 0.0158. The van der Waals surface area contributed by atoms with Crippen molar-refractivity contribution in [2.45, 2.75) is 62.3 Å². The van der Waals surface area contributed by atoms with Crippen molar-refractivity contribution in [3.63, 3.8) is 0 Å². The van der Waals surface area contributed by atoms with Gasteiger partial charge in [-0.25, -0.2) is 0 Å². The normalized spacial score (nSPS) is 13.6. The van der Waals surface area contributed by atoms with E-state index in [2.05, 4.69) is 31.6 Å². The maximum atomic E-state index is 14.0. The van der Waals surface area contributed by atoms with E-state index in [0.717, 1.165) is 10.9 Å². The number of nitrogens with one attached hydrogen (secondary N) is 6. The van der Waals surface area contributed by atoms with Crippen LogP contribution in [0.25, 0.3) is 10.9 Å². The molecule has 18 heteroatoms. The lowest BCUT2D eigenvalue weighted by atomic mass is 10.0. The van der Waals surface area contributed by atoms with Crippen molar-refractivity contribution in [2.75, 3.05) is 18.6 Å². The molecule has 0 aliphatic rings. The Labute approximate surface area is 338 Å². The lowest BCUT2D eigenvalue weighted by molar-refractivity contribution is -0.141. The molecule has 0 fully saturated rings. The number of carboxylic acid groups (broad SMARTS) is 1. The van der Waals surface area contributed by atoms with Gasteiger partial charge in [0.2, 0.25) is 35.4 Å². The number of carbonyl (C=O) groups is 7. The molecule has 0 spiro atoms. The van der Waals surface area contributed by atoms with Gasteiger partial charge < -0.3 is 53.2 Å². The molecule has 58 heavy (non-hydrogen) atoms. The molecule has 0 aliphatic heterocycles. The van der Waals surface area contributed by atoms with E-state index in [-0.39, 0.29) is 31.4 Å². The van der Waals surface area contributed by atoms with E-state index in [4.69, 9.17) is 11.5 Å². The van der Waals surface area contributed by atoms with E-state index >= 15 is 0 Å². The summed E-state index contributed by atoms with van der Waals surface area (Å²) >= 11 is 1.37. The van der Waals surface area contributed by atoms with Gasteiger partial charge in [0.1, 0.15) is 29.9 Å². The second-order valence-corrected chi connectivity index (χ2v) is 14.5. The quantitative estimate of drug-likeness (QED) is 0.0504. The number of thioether (sulfide) groups is 1. The Balaban J connectivity index is 1.48. The Morgan fingerprint density at radius 3 is 1.98 bits per heavy atom. The highest BCUT2D eigenvalue weighted by molar-refractivity contribution is 7.98. The number of aromatic nitrogens is 1. The third-order valence-corrected chi connectivity index (χ3v) is 9.74. The van der Waals surface area contributed by atoms with Crippen molar-refractivity contribution in [1.29, 1.82) is 0 Å². The zero-order valence-corrected chi connectivity index (χ0v) is 32.6. The third kappa shape index (κ3) is 13.7. The molecule has 0 saturated carbocycles. The minimum Gasteiger partial charge on any atom is -0.508 e. The summed E-state index contributed by atoms with van der Waals surface area (Å²) in [6.07, 6.45) is 2.79. The van der Waals surface area contributed by atoms with E-state index in [9.17, 15) is 43.8 Å². The van der Waals surface area contributed by atoms with Crippen LogP contribution in [0.5, 0.6) is 5.75 Å². The predicted molar refractivity (Wildman–Crippen MR) is 217 cm³/mol. The van der Waals surface area contributed by atoms with Gasteiger partial charge in [-0.15, -0.1) is 0 Å². The molecule has 0 unspecified atom stereocenters. The van der Waals surface area contributed by atoms with Crippen molar-refractivity contribution < 1.29 is 43.8 Å². The average Bonchev–Trinajstić information content (AvgIpc) is 3.61. The van der Waals surface area contributed by atoms with Crippen LogP contribution in [-0.2, 0) is 52.8 Å². The first-order valence-corrected chi connectivity index (χ1v) is 19.7. The lowest BCUT2D eigenvalue weighted by Crippen LogP contribution is -2.59. The molecule has 4 aromatic rings. The SMILES string of the molecule is CSCC[C@H](NC(=O)[C@H](Cc1c[nH]c2ccccc12)NC(=O)CNC(=O)[C@@H](N)Cc1ccc(O)cc1)C(=O)N[C@@H](CC(=O)O)C(=O)N[C@@H](Cc1ccccc1)C(N)=O. The number of hydrogen-bond donors (Lipinski definition) is 10. The second-order valence-electron chi connectivity index (χ2n) is 13.5. The van der Waals surface area contributed by atoms with Gasteiger partial charge in [-0.1, -0.05) is 60.7 Å². The van der Waals surface area contributed by atoms with Crippen molar-refractivity contribution in [1.82, 2.24) is 31.6 Å². The van der Waals surface area contributed by atoms with Crippen LogP contribution < -0.4 is 38.1 Å². The van der Waals surface area contributed by atoms with Crippen molar-refractivity contribution >= 4 is 64.1 Å². The van der Waals surface area contributed by atoms with Crippen molar-refractivity contribution in [3.05, 3.63) is 102 Å². The Hall–Kier alpha value is -6.40. The molecule has 17 nitrogen and oxygen atoms in total. The summed E-state index contributed by atoms with van der Waals surface area (Å²) in [5.41, 5.74) is 14.4. The highest BCUT2D eigenvalue weighted by atomic mass is 32.2. The van der Waals surface area contributed by atoms with Crippen LogP contribution >= 0.6 is 11.8 Å². The number of H-pyrrole nitrogens is 1. The first kappa shape index (κ1) is 44.3. The summed E-state index contributed by atoms with van der Waals surface area (Å²) in [5.74, 6) is -5.85. The fourth-order valence-electron chi connectivity index (χ4n) is 6.03. The van der Waals surface area contributed by atoms with Crippen molar-refractivity contribution in [3.8, 4) is 5.75 Å². The monoisotopic (exact) mass is 816 g/mol. The summed E-state index contributed by atoms with van der Waals surface area (Å²) in [7, 11) is 0. The number of para-hydroxylation sites is 1. The number of nitrogens with two attached hydrogens (primary N) is 2. The number of benzene rings is 3. The highest BCUT2D eigenvalue weighted by Crippen LogP contribution is 2.19. The standard InChI is InChI=1S/C40H48N8O9S/c1-58-16-15-30(38(55)48-33(20-35(51)52)40(57)47-31(36(42)53)18-23-7-3-2-4-8-23)46-39(56)32(19-25-21-43-29-10-6-5-9-27(25)29)45-34(50)22-44-37(54)28(41)17-24-11-13-26(49)14-12-24/h2-14,21,28,30-33,43,49H,15-20,22,41H2,1H3,(H2,42,53)(H,44,54)(H,45,50)(H,46,56)(H,47,57)(H,48,55)(H,51,52)/t28-,30-,31-,32-,33-/m0/s1. The zero-order chi connectivity index (χ0) is 42.2. The molecular formula is C40H48N8O9S. The molecule has 1 aromatic heterocycles. The summed E-state index contributed by atoms with van der Waals surface area (Å²) in [6.45, 7) is -0.529. The molecule has 6 amide bonds. The van der Waals surface area contributed by atoms with Crippen LogP contribution in [0.1, 0.15) is 29.5 Å². The second kappa shape index (κ2) is 21.8. The maximum absolute atomic E-state index is 14.0. The van der Waals surface area contributed by atoms with Gasteiger partial charge in [0.15, 0.2) is 0 Å². The average molecular weight is 817 g/mol. The number of carbonyl (C=O) groups excluding carboxylic acids is 6. The molecule has 0 saturated heterocycles. The highest BCUT2D eigenvalue weighted by Gasteiger charge is 2.32. The van der Waals surface area contributed by atoms with Crippen molar-refractivity contribution in [2.24, 2.45) is 11.5 Å². The Kier molecular flexibility index (Phi) is 16.6. The fraction of sp³-hybridized carbons (Fsp3) is 0.325. The van der Waals surface area contributed by atoms with E-state index in [0.29, 0.717) is 22.4 Å². The number of aliphatic carboxylic acids is 1. The third-order valence-electron chi connectivity index (χ3n) is 9.10. The van der Waals surface area contributed by atoms with E-state index < -0.39 is 84.6 Å². The molecule has 0 radical (unpaired) electrons. The molecule has 3 aromatic carbocycles. The van der Waals surface area contributed by atoms with Gasteiger partial charge in [-0.05, 0) is 59.7 Å². The minimum atomic E-state index is -1.65. The van der Waals surface area contributed by atoms with Crippen LogP contribution in [0, 0.1) is 0 Å². The van der Waals surface area contributed by atoms with Crippen LogP contribution in [-0.4, -0.2) is 105 Å². The van der Waals surface area contributed by atoms with Gasteiger partial charge in [-0.2, -0.15) is 11.8 Å². The first-order valence-electron chi connectivity index (χ1n) is 18.3. The maximum Gasteiger partial charge on any atom is 0.305 e. The van der Waals surface area contributed by atoms with Crippen LogP contribution in [0.2, 0.25) is 0 Å².